The highest BCUT2D eigenvalue weighted by atomic mass is 16.5. The molecule has 1 aromatic carbocycles. The second-order valence-electron chi connectivity index (χ2n) is 6.30. The molecule has 1 aromatic rings. The highest BCUT2D eigenvalue weighted by Gasteiger charge is 2.50. The summed E-state index contributed by atoms with van der Waals surface area (Å²) >= 11 is 0. The van der Waals surface area contributed by atoms with Crippen molar-refractivity contribution < 1.29 is 14.6 Å². The third-order valence-electron chi connectivity index (χ3n) is 4.93. The van der Waals surface area contributed by atoms with Crippen LogP contribution in [-0.2, 0) is 9.53 Å². The zero-order chi connectivity index (χ0) is 16.2. The molecule has 2 atom stereocenters. The van der Waals surface area contributed by atoms with Crippen LogP contribution < -0.4 is 5.32 Å². The second kappa shape index (κ2) is 7.25. The second-order valence-corrected chi connectivity index (χ2v) is 6.30. The van der Waals surface area contributed by atoms with Crippen LogP contribution in [0.5, 0.6) is 0 Å². The summed E-state index contributed by atoms with van der Waals surface area (Å²) in [5.41, 5.74) is 1.67. The summed E-state index contributed by atoms with van der Waals surface area (Å²) in [7, 11) is 1.45. The van der Waals surface area contributed by atoms with Crippen molar-refractivity contribution in [2.45, 2.75) is 51.7 Å². The number of hydrogen-bond acceptors (Lipinski definition) is 4. The Morgan fingerprint density at radius 2 is 2.00 bits per heavy atom. The Balaban J connectivity index is 1.98. The Labute approximate surface area is 132 Å². The molecule has 0 heterocycles. The Morgan fingerprint density at radius 3 is 2.45 bits per heavy atom. The molecule has 22 heavy (non-hydrogen) atoms. The molecule has 0 spiro atoms. The lowest BCUT2D eigenvalue weighted by Gasteiger charge is -2.45. The number of rotatable bonds is 7. The van der Waals surface area contributed by atoms with Gasteiger partial charge in [0.2, 0.25) is 0 Å². The number of carbonyl (C=O) groups is 1. The van der Waals surface area contributed by atoms with Crippen molar-refractivity contribution in [3.05, 3.63) is 35.4 Å². The highest BCUT2D eigenvalue weighted by molar-refractivity contribution is 5.78. The van der Waals surface area contributed by atoms with Crippen molar-refractivity contribution in [2.24, 2.45) is 5.41 Å². The van der Waals surface area contributed by atoms with Gasteiger partial charge in [-0.05, 0) is 31.7 Å². The third kappa shape index (κ3) is 3.33. The monoisotopic (exact) mass is 305 g/mol. The van der Waals surface area contributed by atoms with Gasteiger partial charge in [0.05, 0.1) is 18.6 Å². The summed E-state index contributed by atoms with van der Waals surface area (Å²) in [6, 6.07) is 7.94. The molecule has 0 radical (unpaired) electrons. The smallest absolute Gasteiger partial charge is 0.313 e. The lowest BCUT2D eigenvalue weighted by molar-refractivity contribution is -0.161. The predicted octanol–water partition coefficient (Wildman–Crippen LogP) is 2.74. The van der Waals surface area contributed by atoms with Crippen molar-refractivity contribution in [2.75, 3.05) is 13.7 Å². The summed E-state index contributed by atoms with van der Waals surface area (Å²) in [4.78, 5) is 12.1. The van der Waals surface area contributed by atoms with Crippen molar-refractivity contribution in [1.29, 1.82) is 0 Å². The van der Waals surface area contributed by atoms with Crippen LogP contribution in [0.25, 0.3) is 0 Å². The standard InChI is InChI=1S/C18H27NO3/c1-4-16(18(10-5-11-18)17(21)22-3)19-12-15(20)14-8-6-13(2)7-9-14/h6-9,15-16,19-20H,4-5,10-12H2,1-3H3/t15-,16-/m1/s1. The minimum absolute atomic E-state index is 0.0498. The van der Waals surface area contributed by atoms with Gasteiger partial charge >= 0.3 is 5.97 Å². The summed E-state index contributed by atoms with van der Waals surface area (Å²) in [5.74, 6) is -0.122. The van der Waals surface area contributed by atoms with E-state index >= 15 is 0 Å². The fourth-order valence-corrected chi connectivity index (χ4v) is 3.35. The van der Waals surface area contributed by atoms with Gasteiger partial charge in [-0.1, -0.05) is 43.2 Å². The van der Waals surface area contributed by atoms with Crippen LogP contribution in [0.4, 0.5) is 0 Å². The van der Waals surface area contributed by atoms with Crippen LogP contribution >= 0.6 is 0 Å². The summed E-state index contributed by atoms with van der Waals surface area (Å²) in [5, 5.41) is 13.7. The summed E-state index contributed by atoms with van der Waals surface area (Å²) in [6.45, 7) is 4.54. The summed E-state index contributed by atoms with van der Waals surface area (Å²) in [6.07, 6.45) is 3.07. The molecule has 0 saturated heterocycles. The fourth-order valence-electron chi connectivity index (χ4n) is 3.35. The lowest BCUT2D eigenvalue weighted by atomic mass is 9.63. The van der Waals surface area contributed by atoms with E-state index in [9.17, 15) is 9.90 Å². The molecule has 0 bridgehead atoms. The SMILES string of the molecule is CC[C@@H](NC[C@@H](O)c1ccc(C)cc1)C1(C(=O)OC)CCC1. The van der Waals surface area contributed by atoms with Crippen LogP contribution in [0.2, 0.25) is 0 Å². The van der Waals surface area contributed by atoms with Gasteiger partial charge in [-0.2, -0.15) is 0 Å². The lowest BCUT2D eigenvalue weighted by Crippen LogP contribution is -2.55. The van der Waals surface area contributed by atoms with Crippen molar-refractivity contribution in [3.8, 4) is 0 Å². The average Bonchev–Trinajstić information content (AvgIpc) is 2.49. The van der Waals surface area contributed by atoms with E-state index in [2.05, 4.69) is 12.2 Å². The van der Waals surface area contributed by atoms with Gasteiger partial charge in [0.25, 0.3) is 0 Å². The molecule has 1 aliphatic carbocycles. The van der Waals surface area contributed by atoms with E-state index in [1.807, 2.05) is 31.2 Å². The van der Waals surface area contributed by atoms with Gasteiger partial charge in [0.1, 0.15) is 0 Å². The van der Waals surface area contributed by atoms with Crippen LogP contribution in [0.3, 0.4) is 0 Å². The number of esters is 1. The number of benzene rings is 1. The quantitative estimate of drug-likeness (QED) is 0.761. The molecular weight excluding hydrogens is 278 g/mol. The first-order valence-corrected chi connectivity index (χ1v) is 8.10. The first-order valence-electron chi connectivity index (χ1n) is 8.10. The zero-order valence-electron chi connectivity index (χ0n) is 13.8. The Morgan fingerprint density at radius 1 is 1.36 bits per heavy atom. The zero-order valence-corrected chi connectivity index (χ0v) is 13.8. The number of nitrogens with one attached hydrogen (secondary N) is 1. The molecule has 1 saturated carbocycles. The van der Waals surface area contributed by atoms with Gasteiger partial charge in [-0.25, -0.2) is 0 Å². The topological polar surface area (TPSA) is 58.6 Å². The summed E-state index contributed by atoms with van der Waals surface area (Å²) < 4.78 is 5.00. The molecule has 1 fully saturated rings. The molecular formula is C18H27NO3. The molecule has 2 N–H and O–H groups in total. The van der Waals surface area contributed by atoms with Crippen LogP contribution in [0.15, 0.2) is 24.3 Å². The van der Waals surface area contributed by atoms with E-state index in [0.29, 0.717) is 6.54 Å². The number of aryl methyl sites for hydroxylation is 1. The van der Waals surface area contributed by atoms with Gasteiger partial charge in [-0.15, -0.1) is 0 Å². The Kier molecular flexibility index (Phi) is 5.59. The van der Waals surface area contributed by atoms with Crippen molar-refractivity contribution in [3.63, 3.8) is 0 Å². The third-order valence-corrected chi connectivity index (χ3v) is 4.93. The van der Waals surface area contributed by atoms with E-state index in [1.54, 1.807) is 0 Å². The number of aliphatic hydroxyl groups excluding tert-OH is 1. The van der Waals surface area contributed by atoms with Crippen LogP contribution in [-0.4, -0.2) is 30.8 Å². The van der Waals surface area contributed by atoms with Gasteiger partial charge in [-0.3, -0.25) is 4.79 Å². The maximum absolute atomic E-state index is 12.1. The maximum Gasteiger partial charge on any atom is 0.313 e. The average molecular weight is 305 g/mol. The molecule has 122 valence electrons. The van der Waals surface area contributed by atoms with Gasteiger partial charge < -0.3 is 15.2 Å². The molecule has 0 unspecified atom stereocenters. The Bertz CT molecular complexity index is 494. The number of carbonyl (C=O) groups excluding carboxylic acids is 1. The Hall–Kier alpha value is -1.39. The largest absolute Gasteiger partial charge is 0.469 e. The minimum atomic E-state index is -0.565. The molecule has 4 nitrogen and oxygen atoms in total. The van der Waals surface area contributed by atoms with Crippen LogP contribution in [0, 0.1) is 12.3 Å². The first-order chi connectivity index (χ1) is 10.5. The number of methoxy groups -OCH3 is 1. The van der Waals surface area contributed by atoms with Crippen molar-refractivity contribution in [1.82, 2.24) is 5.32 Å². The first kappa shape index (κ1) is 17.0. The highest BCUT2D eigenvalue weighted by Crippen LogP contribution is 2.46. The normalized spacial score (nSPS) is 19.1. The van der Waals surface area contributed by atoms with E-state index < -0.39 is 11.5 Å². The molecule has 1 aliphatic rings. The number of hydrogen-bond donors (Lipinski definition) is 2. The van der Waals surface area contributed by atoms with Gasteiger partial charge in [0.15, 0.2) is 0 Å². The van der Waals surface area contributed by atoms with E-state index in [-0.39, 0.29) is 12.0 Å². The van der Waals surface area contributed by atoms with E-state index in [0.717, 1.165) is 31.2 Å². The molecule has 4 heteroatoms. The number of aliphatic hydroxyl groups is 1. The van der Waals surface area contributed by atoms with E-state index in [1.165, 1.54) is 12.7 Å². The van der Waals surface area contributed by atoms with Gasteiger partial charge in [0, 0.05) is 12.6 Å². The number of ether oxygens (including phenoxy) is 1. The minimum Gasteiger partial charge on any atom is -0.469 e. The molecule has 0 aromatic heterocycles. The molecule has 0 aliphatic heterocycles. The van der Waals surface area contributed by atoms with Crippen LogP contribution in [0.1, 0.15) is 49.8 Å². The van der Waals surface area contributed by atoms with E-state index in [4.69, 9.17) is 4.74 Å². The molecule has 0 amide bonds. The predicted molar refractivity (Wildman–Crippen MR) is 86.5 cm³/mol. The van der Waals surface area contributed by atoms with Crippen molar-refractivity contribution >= 4 is 5.97 Å². The fraction of sp³-hybridized carbons (Fsp3) is 0.611. The molecule has 2 rings (SSSR count). The maximum atomic E-state index is 12.1.